The van der Waals surface area contributed by atoms with E-state index in [1.807, 2.05) is 18.2 Å². The number of rotatable bonds is 5. The number of carbonyl (C=O) groups is 2. The van der Waals surface area contributed by atoms with Crippen LogP contribution in [0.15, 0.2) is 30.3 Å². The number of hydrogen-bond donors (Lipinski definition) is 3. The molecule has 0 saturated heterocycles. The molecule has 1 aromatic rings. The van der Waals surface area contributed by atoms with Crippen LogP contribution in [0.3, 0.4) is 0 Å². The topological polar surface area (TPSA) is 101 Å². The van der Waals surface area contributed by atoms with E-state index in [1.165, 1.54) is 5.56 Å². The SMILES string of the molecule is NCCc1ccccc1.O=C(O)CCC(=O)O. The van der Waals surface area contributed by atoms with Gasteiger partial charge in [-0.25, -0.2) is 0 Å². The van der Waals surface area contributed by atoms with Crippen LogP contribution in [0, 0.1) is 0 Å². The van der Waals surface area contributed by atoms with Gasteiger partial charge in [0.05, 0.1) is 12.8 Å². The molecule has 0 fully saturated rings. The fourth-order valence-corrected chi connectivity index (χ4v) is 1.03. The van der Waals surface area contributed by atoms with Crippen LogP contribution >= 0.6 is 0 Å². The summed E-state index contributed by atoms with van der Waals surface area (Å²) in [6.45, 7) is 0.740. The van der Waals surface area contributed by atoms with Gasteiger partial charge >= 0.3 is 11.9 Å². The van der Waals surface area contributed by atoms with Crippen LogP contribution in [-0.4, -0.2) is 28.7 Å². The Morgan fingerprint density at radius 1 is 1.00 bits per heavy atom. The quantitative estimate of drug-likeness (QED) is 0.715. The van der Waals surface area contributed by atoms with E-state index in [-0.39, 0.29) is 12.8 Å². The molecule has 0 bridgehead atoms. The smallest absolute Gasteiger partial charge is 0.303 e. The van der Waals surface area contributed by atoms with Crippen LogP contribution in [0.4, 0.5) is 0 Å². The van der Waals surface area contributed by atoms with E-state index in [9.17, 15) is 9.59 Å². The van der Waals surface area contributed by atoms with Crippen molar-refractivity contribution in [3.8, 4) is 0 Å². The first-order valence-corrected chi connectivity index (χ1v) is 5.24. The number of nitrogens with two attached hydrogens (primary N) is 1. The van der Waals surface area contributed by atoms with Gasteiger partial charge in [0, 0.05) is 0 Å². The van der Waals surface area contributed by atoms with E-state index in [2.05, 4.69) is 12.1 Å². The maximum Gasteiger partial charge on any atom is 0.303 e. The molecule has 0 amide bonds. The number of aliphatic carboxylic acids is 2. The van der Waals surface area contributed by atoms with Crippen LogP contribution in [0.1, 0.15) is 18.4 Å². The summed E-state index contributed by atoms with van der Waals surface area (Å²) in [4.78, 5) is 19.3. The summed E-state index contributed by atoms with van der Waals surface area (Å²) < 4.78 is 0. The first-order valence-electron chi connectivity index (χ1n) is 5.24. The van der Waals surface area contributed by atoms with Crippen LogP contribution in [0.2, 0.25) is 0 Å². The Bertz CT molecular complexity index is 324. The molecule has 0 heterocycles. The highest BCUT2D eigenvalue weighted by Gasteiger charge is 2.00. The fourth-order valence-electron chi connectivity index (χ4n) is 1.03. The number of hydrogen-bond acceptors (Lipinski definition) is 3. The summed E-state index contributed by atoms with van der Waals surface area (Å²) in [6, 6.07) is 10.3. The van der Waals surface area contributed by atoms with Gasteiger partial charge in [0.15, 0.2) is 0 Å². The van der Waals surface area contributed by atoms with E-state index in [4.69, 9.17) is 15.9 Å². The minimum Gasteiger partial charge on any atom is -0.481 e. The number of carboxylic acids is 2. The number of benzene rings is 1. The monoisotopic (exact) mass is 239 g/mol. The molecule has 0 saturated carbocycles. The molecule has 17 heavy (non-hydrogen) atoms. The van der Waals surface area contributed by atoms with Crippen molar-refractivity contribution in [2.24, 2.45) is 5.73 Å². The summed E-state index contributed by atoms with van der Waals surface area (Å²) in [7, 11) is 0. The average molecular weight is 239 g/mol. The lowest BCUT2D eigenvalue weighted by atomic mass is 10.2. The molecule has 0 atom stereocenters. The minimum atomic E-state index is -1.08. The molecule has 0 aromatic heterocycles. The molecule has 0 radical (unpaired) electrons. The largest absolute Gasteiger partial charge is 0.481 e. The molecular weight excluding hydrogens is 222 g/mol. The van der Waals surface area contributed by atoms with Gasteiger partial charge in [0.25, 0.3) is 0 Å². The zero-order chi connectivity index (χ0) is 13.1. The third kappa shape index (κ3) is 10.4. The Morgan fingerprint density at radius 3 is 1.82 bits per heavy atom. The molecule has 0 aliphatic carbocycles. The van der Waals surface area contributed by atoms with Crippen LogP contribution in [0.5, 0.6) is 0 Å². The van der Waals surface area contributed by atoms with Crippen molar-refractivity contribution in [2.75, 3.05) is 6.54 Å². The molecule has 0 aliphatic rings. The predicted molar refractivity (Wildman–Crippen MR) is 63.7 cm³/mol. The van der Waals surface area contributed by atoms with Crippen LogP contribution in [0.25, 0.3) is 0 Å². The van der Waals surface area contributed by atoms with Crippen molar-refractivity contribution < 1.29 is 19.8 Å². The van der Waals surface area contributed by atoms with Gasteiger partial charge in [-0.2, -0.15) is 0 Å². The second-order valence-electron chi connectivity index (χ2n) is 3.31. The standard InChI is InChI=1S/C8H11N.C4H6O4/c9-7-6-8-4-2-1-3-5-8;5-3(6)1-2-4(7)8/h1-5H,6-7,9H2;1-2H2,(H,5,6)(H,7,8). The van der Waals surface area contributed by atoms with Crippen molar-refractivity contribution in [1.29, 1.82) is 0 Å². The van der Waals surface area contributed by atoms with Gasteiger partial charge in [0.1, 0.15) is 0 Å². The molecule has 0 unspecified atom stereocenters. The zero-order valence-corrected chi connectivity index (χ0v) is 9.50. The molecule has 1 rings (SSSR count). The zero-order valence-electron chi connectivity index (χ0n) is 9.50. The van der Waals surface area contributed by atoms with Crippen LogP contribution < -0.4 is 5.73 Å². The average Bonchev–Trinajstić information content (AvgIpc) is 2.29. The summed E-state index contributed by atoms with van der Waals surface area (Å²) in [5.41, 5.74) is 6.68. The van der Waals surface area contributed by atoms with Crippen LogP contribution in [-0.2, 0) is 16.0 Å². The second kappa shape index (κ2) is 9.35. The van der Waals surface area contributed by atoms with E-state index in [1.54, 1.807) is 0 Å². The Hall–Kier alpha value is -1.88. The molecule has 94 valence electrons. The van der Waals surface area contributed by atoms with E-state index < -0.39 is 11.9 Å². The highest BCUT2D eigenvalue weighted by molar-refractivity contribution is 5.75. The van der Waals surface area contributed by atoms with E-state index in [0.29, 0.717) is 0 Å². The highest BCUT2D eigenvalue weighted by Crippen LogP contribution is 1.96. The maximum atomic E-state index is 9.64. The molecule has 4 N–H and O–H groups in total. The van der Waals surface area contributed by atoms with Gasteiger partial charge in [-0.1, -0.05) is 30.3 Å². The van der Waals surface area contributed by atoms with E-state index >= 15 is 0 Å². The van der Waals surface area contributed by atoms with Crippen molar-refractivity contribution in [3.63, 3.8) is 0 Å². The van der Waals surface area contributed by atoms with Crippen molar-refractivity contribution in [2.45, 2.75) is 19.3 Å². The Balaban J connectivity index is 0.000000304. The van der Waals surface area contributed by atoms with Crippen molar-refractivity contribution >= 4 is 11.9 Å². The summed E-state index contributed by atoms with van der Waals surface area (Å²) in [5, 5.41) is 15.8. The summed E-state index contributed by atoms with van der Waals surface area (Å²) in [5.74, 6) is -2.15. The molecule has 0 spiro atoms. The Kier molecular flexibility index (Phi) is 8.32. The highest BCUT2D eigenvalue weighted by atomic mass is 16.4. The third-order valence-corrected chi connectivity index (χ3v) is 1.83. The lowest BCUT2D eigenvalue weighted by molar-refractivity contribution is -0.143. The molecule has 5 heteroatoms. The fraction of sp³-hybridized carbons (Fsp3) is 0.333. The van der Waals surface area contributed by atoms with Gasteiger partial charge in [-0.3, -0.25) is 9.59 Å². The van der Waals surface area contributed by atoms with E-state index in [0.717, 1.165) is 13.0 Å². The predicted octanol–water partition coefficient (Wildman–Crippen LogP) is 1.12. The first kappa shape index (κ1) is 15.1. The lowest BCUT2D eigenvalue weighted by Crippen LogP contribution is -2.01. The minimum absolute atomic E-state index is 0.296. The summed E-state index contributed by atoms with van der Waals surface area (Å²) >= 11 is 0. The third-order valence-electron chi connectivity index (χ3n) is 1.83. The molecule has 1 aromatic carbocycles. The summed E-state index contributed by atoms with van der Waals surface area (Å²) in [6.07, 6.45) is 0.394. The molecule has 5 nitrogen and oxygen atoms in total. The lowest BCUT2D eigenvalue weighted by Gasteiger charge is -1.93. The Morgan fingerprint density at radius 2 is 1.47 bits per heavy atom. The van der Waals surface area contributed by atoms with Gasteiger partial charge < -0.3 is 15.9 Å². The normalized spacial score (nSPS) is 9.00. The second-order valence-corrected chi connectivity index (χ2v) is 3.31. The maximum absolute atomic E-state index is 9.64. The molecular formula is C12H17NO4. The Labute approximate surface area is 99.9 Å². The van der Waals surface area contributed by atoms with Gasteiger partial charge in [0.2, 0.25) is 0 Å². The molecule has 0 aliphatic heterocycles. The van der Waals surface area contributed by atoms with Gasteiger partial charge in [-0.05, 0) is 18.5 Å². The first-order chi connectivity index (χ1) is 8.06. The number of carboxylic acid groups (broad SMARTS) is 2. The van der Waals surface area contributed by atoms with Crippen molar-refractivity contribution in [1.82, 2.24) is 0 Å². The van der Waals surface area contributed by atoms with Crippen molar-refractivity contribution in [3.05, 3.63) is 35.9 Å². The van der Waals surface area contributed by atoms with Gasteiger partial charge in [-0.15, -0.1) is 0 Å².